The van der Waals surface area contributed by atoms with Crippen molar-refractivity contribution in [3.05, 3.63) is 34.1 Å². The highest BCUT2D eigenvalue weighted by Gasteiger charge is 2.16. The van der Waals surface area contributed by atoms with E-state index >= 15 is 0 Å². The van der Waals surface area contributed by atoms with Crippen molar-refractivity contribution >= 4 is 23.4 Å². The van der Waals surface area contributed by atoms with Crippen LogP contribution in [0.1, 0.15) is 0 Å². The monoisotopic (exact) mass is 257 g/mol. The zero-order valence-corrected chi connectivity index (χ0v) is 8.88. The van der Waals surface area contributed by atoms with Gasteiger partial charge in [0.15, 0.2) is 0 Å². The Labute approximate surface area is 99.7 Å². The molecule has 1 aromatic carbocycles. The number of carbonyl (C=O) groups excluding carboxylic acids is 2. The third kappa shape index (κ3) is 3.49. The van der Waals surface area contributed by atoms with E-state index in [1.165, 1.54) is 0 Å². The van der Waals surface area contributed by atoms with Gasteiger partial charge in [0.25, 0.3) is 0 Å². The van der Waals surface area contributed by atoms with Gasteiger partial charge in [-0.05, 0) is 12.1 Å². The molecule has 0 aliphatic heterocycles. The number of anilines is 1. The second kappa shape index (κ2) is 5.68. The number of nitro benzene ring substituents is 1. The summed E-state index contributed by atoms with van der Waals surface area (Å²) in [6, 6.07) is 2.68. The zero-order valence-electron chi connectivity index (χ0n) is 8.88. The van der Waals surface area contributed by atoms with Crippen LogP contribution in [0.4, 0.5) is 20.6 Å². The minimum absolute atomic E-state index is 0.0853. The fourth-order valence-corrected chi connectivity index (χ4v) is 1.02. The SMILES string of the molecule is NCC(=O)OC(=O)Nc1ccc(F)c([N+](=O)[O-])c1. The fourth-order valence-electron chi connectivity index (χ4n) is 1.02. The Morgan fingerprint density at radius 2 is 2.17 bits per heavy atom. The Hall–Kier alpha value is -2.55. The van der Waals surface area contributed by atoms with Crippen molar-refractivity contribution in [2.45, 2.75) is 0 Å². The van der Waals surface area contributed by atoms with E-state index in [4.69, 9.17) is 5.73 Å². The molecule has 0 bridgehead atoms. The highest BCUT2D eigenvalue weighted by molar-refractivity contribution is 5.93. The van der Waals surface area contributed by atoms with Crippen molar-refractivity contribution in [2.24, 2.45) is 5.73 Å². The molecular weight excluding hydrogens is 249 g/mol. The Morgan fingerprint density at radius 1 is 1.50 bits per heavy atom. The molecule has 1 amide bonds. The number of nitrogens with zero attached hydrogens (tertiary/aromatic N) is 1. The number of amides is 1. The summed E-state index contributed by atoms with van der Waals surface area (Å²) in [7, 11) is 0. The molecule has 0 spiro atoms. The summed E-state index contributed by atoms with van der Waals surface area (Å²) >= 11 is 0. The molecule has 1 aromatic rings. The number of hydrogen-bond acceptors (Lipinski definition) is 6. The first kappa shape index (κ1) is 13.5. The molecule has 0 unspecified atom stereocenters. The molecule has 18 heavy (non-hydrogen) atoms. The molecule has 0 fully saturated rings. The van der Waals surface area contributed by atoms with E-state index in [0.29, 0.717) is 0 Å². The lowest BCUT2D eigenvalue weighted by molar-refractivity contribution is -0.387. The van der Waals surface area contributed by atoms with Crippen molar-refractivity contribution in [1.29, 1.82) is 0 Å². The van der Waals surface area contributed by atoms with Crippen LogP contribution in [0.3, 0.4) is 0 Å². The highest BCUT2D eigenvalue weighted by Crippen LogP contribution is 2.21. The fraction of sp³-hybridized carbons (Fsp3) is 0.111. The maximum absolute atomic E-state index is 13.0. The molecule has 96 valence electrons. The number of hydrogen-bond donors (Lipinski definition) is 2. The van der Waals surface area contributed by atoms with Gasteiger partial charge in [0.05, 0.1) is 17.2 Å². The summed E-state index contributed by atoms with van der Waals surface area (Å²) in [6.45, 7) is -0.489. The molecule has 8 nitrogen and oxygen atoms in total. The third-order valence-corrected chi connectivity index (χ3v) is 1.76. The van der Waals surface area contributed by atoms with Gasteiger partial charge in [-0.2, -0.15) is 4.39 Å². The lowest BCUT2D eigenvalue weighted by Crippen LogP contribution is -2.24. The molecule has 0 radical (unpaired) electrons. The maximum Gasteiger partial charge on any atom is 0.419 e. The number of benzene rings is 1. The van der Waals surface area contributed by atoms with Crippen molar-refractivity contribution in [3.63, 3.8) is 0 Å². The van der Waals surface area contributed by atoms with Crippen LogP contribution in [-0.4, -0.2) is 23.5 Å². The molecule has 1 rings (SSSR count). The number of nitrogens with two attached hydrogens (primary N) is 1. The topological polar surface area (TPSA) is 125 Å². The molecule has 0 saturated carbocycles. The average Bonchev–Trinajstić information content (AvgIpc) is 2.31. The van der Waals surface area contributed by atoms with Crippen LogP contribution in [0.5, 0.6) is 0 Å². The second-order valence-electron chi connectivity index (χ2n) is 3.01. The Morgan fingerprint density at radius 3 is 2.72 bits per heavy atom. The largest absolute Gasteiger partial charge is 0.419 e. The van der Waals surface area contributed by atoms with E-state index in [0.717, 1.165) is 18.2 Å². The minimum Gasteiger partial charge on any atom is -0.375 e. The van der Waals surface area contributed by atoms with Gasteiger partial charge in [0.2, 0.25) is 5.82 Å². The lowest BCUT2D eigenvalue weighted by atomic mass is 10.2. The molecule has 0 heterocycles. The molecule has 9 heteroatoms. The van der Waals surface area contributed by atoms with Gasteiger partial charge < -0.3 is 10.5 Å². The summed E-state index contributed by atoms with van der Waals surface area (Å²) in [6.07, 6.45) is -1.16. The molecule has 0 aliphatic carbocycles. The quantitative estimate of drug-likeness (QED) is 0.356. The van der Waals surface area contributed by atoms with Crippen LogP contribution < -0.4 is 11.1 Å². The number of carbonyl (C=O) groups is 2. The van der Waals surface area contributed by atoms with Gasteiger partial charge in [-0.25, -0.2) is 4.79 Å². The molecule has 0 aliphatic rings. The van der Waals surface area contributed by atoms with Crippen LogP contribution in [0, 0.1) is 15.9 Å². The molecule has 0 aromatic heterocycles. The summed E-state index contributed by atoms with van der Waals surface area (Å²) < 4.78 is 17.1. The van der Waals surface area contributed by atoms with Gasteiger partial charge in [0, 0.05) is 6.07 Å². The van der Waals surface area contributed by atoms with Gasteiger partial charge in [-0.15, -0.1) is 0 Å². The standard InChI is InChI=1S/C9H8FN3O5/c10-6-2-1-5(3-7(6)13(16)17)12-9(15)18-8(14)4-11/h1-3H,4,11H2,(H,12,15). The summed E-state index contributed by atoms with van der Waals surface area (Å²) in [5.74, 6) is -2.01. The van der Waals surface area contributed by atoms with Crippen molar-refractivity contribution < 1.29 is 23.6 Å². The molecule has 0 atom stereocenters. The number of halogens is 1. The summed E-state index contributed by atoms with van der Waals surface area (Å²) in [5.41, 5.74) is 4.01. The van der Waals surface area contributed by atoms with E-state index in [2.05, 4.69) is 4.74 Å². The number of esters is 1. The van der Waals surface area contributed by atoms with Crippen molar-refractivity contribution in [2.75, 3.05) is 11.9 Å². The highest BCUT2D eigenvalue weighted by atomic mass is 19.1. The van der Waals surface area contributed by atoms with Gasteiger partial charge in [-0.3, -0.25) is 20.2 Å². The van der Waals surface area contributed by atoms with E-state index in [9.17, 15) is 24.1 Å². The zero-order chi connectivity index (χ0) is 13.7. The van der Waals surface area contributed by atoms with Crippen LogP contribution >= 0.6 is 0 Å². The van der Waals surface area contributed by atoms with Gasteiger partial charge in [0.1, 0.15) is 0 Å². The van der Waals surface area contributed by atoms with E-state index in [1.807, 2.05) is 5.32 Å². The Bertz CT molecular complexity index is 505. The van der Waals surface area contributed by atoms with Gasteiger partial charge in [-0.1, -0.05) is 0 Å². The van der Waals surface area contributed by atoms with E-state index < -0.39 is 35.0 Å². The molecular formula is C9H8FN3O5. The maximum atomic E-state index is 13.0. The van der Waals surface area contributed by atoms with E-state index in [1.54, 1.807) is 0 Å². The number of ether oxygens (including phenoxy) is 1. The smallest absolute Gasteiger partial charge is 0.375 e. The number of nitro groups is 1. The van der Waals surface area contributed by atoms with E-state index in [-0.39, 0.29) is 5.69 Å². The predicted octanol–water partition coefficient (Wildman–Crippen LogP) is 0.768. The Balaban J connectivity index is 2.79. The lowest BCUT2D eigenvalue weighted by Gasteiger charge is -2.04. The minimum atomic E-state index is -1.16. The van der Waals surface area contributed by atoms with Crippen LogP contribution in [0.15, 0.2) is 18.2 Å². The van der Waals surface area contributed by atoms with Crippen molar-refractivity contribution in [1.82, 2.24) is 0 Å². The first-order chi connectivity index (χ1) is 8.43. The molecule has 3 N–H and O–H groups in total. The Kier molecular flexibility index (Phi) is 4.27. The first-order valence-electron chi connectivity index (χ1n) is 4.59. The summed E-state index contributed by atoms with van der Waals surface area (Å²) in [5, 5.41) is 12.5. The van der Waals surface area contributed by atoms with Gasteiger partial charge >= 0.3 is 17.7 Å². The van der Waals surface area contributed by atoms with Crippen LogP contribution in [0.2, 0.25) is 0 Å². The normalized spacial score (nSPS) is 9.67. The number of nitrogens with one attached hydrogen (secondary N) is 1. The van der Waals surface area contributed by atoms with Crippen molar-refractivity contribution in [3.8, 4) is 0 Å². The molecule has 0 saturated heterocycles. The first-order valence-corrected chi connectivity index (χ1v) is 4.59. The second-order valence-corrected chi connectivity index (χ2v) is 3.01. The van der Waals surface area contributed by atoms with Crippen LogP contribution in [-0.2, 0) is 9.53 Å². The number of rotatable bonds is 3. The predicted molar refractivity (Wildman–Crippen MR) is 57.2 cm³/mol. The van der Waals surface area contributed by atoms with Crippen LogP contribution in [0.25, 0.3) is 0 Å². The third-order valence-electron chi connectivity index (χ3n) is 1.76. The average molecular weight is 257 g/mol. The summed E-state index contributed by atoms with van der Waals surface area (Å²) in [4.78, 5) is 31.2.